The predicted octanol–water partition coefficient (Wildman–Crippen LogP) is 3.58. The molecule has 1 aliphatic heterocycles. The molecule has 4 heterocycles. The molecule has 0 aliphatic carbocycles. The maximum Gasteiger partial charge on any atom is 0.177 e. The molecule has 0 saturated heterocycles. The highest BCUT2D eigenvalue weighted by atomic mass is 15.1. The van der Waals surface area contributed by atoms with Crippen LogP contribution in [0.25, 0.3) is 22.3 Å². The lowest BCUT2D eigenvalue weighted by atomic mass is 9.98. The highest BCUT2D eigenvalue weighted by Crippen LogP contribution is 2.32. The number of benzene rings is 1. The lowest BCUT2D eigenvalue weighted by Crippen LogP contribution is -2.19. The van der Waals surface area contributed by atoms with E-state index in [1.54, 1.807) is 6.20 Å². The highest BCUT2D eigenvalue weighted by molar-refractivity contribution is 5.70. The number of H-pyrrole nitrogens is 1. The topological polar surface area (TPSA) is 57.7 Å². The molecule has 26 heavy (non-hydrogen) atoms. The van der Waals surface area contributed by atoms with Crippen LogP contribution in [0.5, 0.6) is 0 Å². The van der Waals surface area contributed by atoms with Gasteiger partial charge >= 0.3 is 0 Å². The van der Waals surface area contributed by atoms with E-state index in [4.69, 9.17) is 0 Å². The van der Waals surface area contributed by atoms with Crippen LogP contribution in [-0.2, 0) is 19.5 Å². The molecule has 1 aliphatic rings. The number of aromatic nitrogens is 4. The van der Waals surface area contributed by atoms with E-state index in [-0.39, 0.29) is 0 Å². The van der Waals surface area contributed by atoms with Gasteiger partial charge in [0.15, 0.2) is 5.65 Å². The van der Waals surface area contributed by atoms with Crippen LogP contribution in [0.1, 0.15) is 17.0 Å². The summed E-state index contributed by atoms with van der Waals surface area (Å²) in [6.45, 7) is 2.95. The average molecular weight is 341 g/mol. The van der Waals surface area contributed by atoms with Gasteiger partial charge in [-0.05, 0) is 46.5 Å². The minimum Gasteiger partial charge on any atom is -0.341 e. The van der Waals surface area contributed by atoms with Crippen molar-refractivity contribution >= 4 is 11.2 Å². The first-order chi connectivity index (χ1) is 12.9. The van der Waals surface area contributed by atoms with E-state index in [2.05, 4.69) is 55.2 Å². The Balaban J connectivity index is 1.33. The summed E-state index contributed by atoms with van der Waals surface area (Å²) in [5.41, 5.74) is 7.22. The summed E-state index contributed by atoms with van der Waals surface area (Å²) < 4.78 is 0. The van der Waals surface area contributed by atoms with E-state index in [9.17, 15) is 0 Å². The fourth-order valence-electron chi connectivity index (χ4n) is 3.73. The first-order valence-corrected chi connectivity index (χ1v) is 8.90. The molecule has 3 aromatic heterocycles. The van der Waals surface area contributed by atoms with E-state index in [1.807, 2.05) is 24.5 Å². The summed E-state index contributed by atoms with van der Waals surface area (Å²) >= 11 is 0. The summed E-state index contributed by atoms with van der Waals surface area (Å²) in [4.78, 5) is 18.9. The molecular weight excluding hydrogens is 322 g/mol. The largest absolute Gasteiger partial charge is 0.341 e. The smallest absolute Gasteiger partial charge is 0.177 e. The molecule has 0 bridgehead atoms. The zero-order valence-electron chi connectivity index (χ0n) is 14.4. The number of hydrogen-bond donors (Lipinski definition) is 1. The fraction of sp³-hybridized carbons (Fsp3) is 0.190. The molecule has 128 valence electrons. The first kappa shape index (κ1) is 15.2. The van der Waals surface area contributed by atoms with Gasteiger partial charge < -0.3 is 4.98 Å². The normalized spacial score (nSPS) is 14.0. The third kappa shape index (κ3) is 2.76. The van der Waals surface area contributed by atoms with Gasteiger partial charge in [-0.25, -0.2) is 9.97 Å². The Labute approximate surface area is 151 Å². The summed E-state index contributed by atoms with van der Waals surface area (Å²) in [7, 11) is 0. The minimum absolute atomic E-state index is 0.798. The van der Waals surface area contributed by atoms with Crippen molar-refractivity contribution in [2.24, 2.45) is 0 Å². The van der Waals surface area contributed by atoms with Gasteiger partial charge in [-0.1, -0.05) is 18.2 Å². The molecule has 4 aromatic rings. The van der Waals surface area contributed by atoms with Gasteiger partial charge in [0, 0.05) is 44.6 Å². The molecule has 0 spiro atoms. The van der Waals surface area contributed by atoms with Crippen LogP contribution in [0.4, 0.5) is 0 Å². The molecule has 0 unspecified atom stereocenters. The molecular formula is C21H19N5. The van der Waals surface area contributed by atoms with E-state index >= 15 is 0 Å². The molecule has 5 nitrogen and oxygen atoms in total. The number of fused-ring (bicyclic) bond motifs is 2. The Hall–Kier alpha value is -3.05. The van der Waals surface area contributed by atoms with Crippen LogP contribution in [0.2, 0.25) is 0 Å². The van der Waals surface area contributed by atoms with Crippen LogP contribution >= 0.6 is 0 Å². The lowest BCUT2D eigenvalue weighted by molar-refractivity contribution is 0.286. The number of pyridine rings is 2. The molecule has 5 heteroatoms. The zero-order chi connectivity index (χ0) is 17.3. The van der Waals surface area contributed by atoms with Crippen LogP contribution in [0, 0.1) is 0 Å². The Morgan fingerprint density at radius 3 is 2.77 bits per heavy atom. The second kappa shape index (κ2) is 6.35. The van der Waals surface area contributed by atoms with Crippen LogP contribution in [0.15, 0.2) is 61.1 Å². The summed E-state index contributed by atoms with van der Waals surface area (Å²) in [6, 6.07) is 14.7. The Morgan fingerprint density at radius 1 is 0.962 bits per heavy atom. The molecule has 0 radical (unpaired) electrons. The van der Waals surface area contributed by atoms with Crippen molar-refractivity contribution in [1.29, 1.82) is 0 Å². The van der Waals surface area contributed by atoms with Gasteiger partial charge in [0.1, 0.15) is 5.82 Å². The van der Waals surface area contributed by atoms with Crippen LogP contribution < -0.4 is 0 Å². The predicted molar refractivity (Wildman–Crippen MR) is 101 cm³/mol. The first-order valence-electron chi connectivity index (χ1n) is 8.90. The number of nitrogens with zero attached hydrogens (tertiary/aromatic N) is 4. The van der Waals surface area contributed by atoms with Crippen molar-refractivity contribution in [3.05, 3.63) is 78.0 Å². The molecule has 1 aromatic carbocycles. The Kier molecular flexibility index (Phi) is 3.72. The van der Waals surface area contributed by atoms with Gasteiger partial charge in [0.2, 0.25) is 0 Å². The summed E-state index contributed by atoms with van der Waals surface area (Å²) in [6.07, 6.45) is 6.40. The number of hydrogen-bond acceptors (Lipinski definition) is 4. The molecule has 0 amide bonds. The monoisotopic (exact) mass is 341 g/mol. The van der Waals surface area contributed by atoms with Crippen molar-refractivity contribution in [3.63, 3.8) is 0 Å². The van der Waals surface area contributed by atoms with Crippen LogP contribution in [-0.4, -0.2) is 31.4 Å². The Bertz CT molecular complexity index is 1020. The molecule has 1 N–H and O–H groups in total. The van der Waals surface area contributed by atoms with E-state index < -0.39 is 0 Å². The van der Waals surface area contributed by atoms with Gasteiger partial charge in [-0.3, -0.25) is 9.88 Å². The standard InChI is InChI=1S/C21H19N5/c1-3-16-13-26(12-8-20-24-19-5-2-9-23-21(19)25-20)14-18(16)17(4-1)15-6-10-22-11-7-15/h1-7,9-11H,8,12-14H2,(H,23,24,25). The van der Waals surface area contributed by atoms with Gasteiger partial charge in [-0.15, -0.1) is 0 Å². The second-order valence-electron chi connectivity index (χ2n) is 6.70. The maximum atomic E-state index is 4.59. The van der Waals surface area contributed by atoms with E-state index in [1.165, 1.54) is 22.3 Å². The van der Waals surface area contributed by atoms with Crippen molar-refractivity contribution < 1.29 is 0 Å². The van der Waals surface area contributed by atoms with Gasteiger partial charge in [0.25, 0.3) is 0 Å². The van der Waals surface area contributed by atoms with Crippen molar-refractivity contribution in [2.45, 2.75) is 19.5 Å². The Morgan fingerprint density at radius 2 is 1.88 bits per heavy atom. The van der Waals surface area contributed by atoms with Gasteiger partial charge in [0.05, 0.1) is 5.52 Å². The highest BCUT2D eigenvalue weighted by Gasteiger charge is 2.22. The lowest BCUT2D eigenvalue weighted by Gasteiger charge is -2.13. The number of imidazole rings is 1. The molecule has 0 atom stereocenters. The molecule has 0 saturated carbocycles. The van der Waals surface area contributed by atoms with Crippen molar-refractivity contribution in [2.75, 3.05) is 6.54 Å². The van der Waals surface area contributed by atoms with Gasteiger partial charge in [-0.2, -0.15) is 0 Å². The second-order valence-corrected chi connectivity index (χ2v) is 6.70. The number of rotatable bonds is 4. The SMILES string of the molecule is c1cc2c(c(-c3ccncc3)c1)CN(CCc1nc3ncccc3[nH]1)C2. The van der Waals surface area contributed by atoms with E-state index in [0.717, 1.165) is 43.0 Å². The number of aromatic amines is 1. The van der Waals surface area contributed by atoms with Crippen LogP contribution in [0.3, 0.4) is 0 Å². The third-order valence-corrected chi connectivity index (χ3v) is 5.01. The zero-order valence-corrected chi connectivity index (χ0v) is 14.4. The third-order valence-electron chi connectivity index (χ3n) is 5.01. The minimum atomic E-state index is 0.798. The quantitative estimate of drug-likeness (QED) is 0.616. The van der Waals surface area contributed by atoms with Crippen molar-refractivity contribution in [3.8, 4) is 11.1 Å². The summed E-state index contributed by atoms with van der Waals surface area (Å²) in [5, 5.41) is 0. The summed E-state index contributed by atoms with van der Waals surface area (Å²) in [5.74, 6) is 1.00. The molecule has 5 rings (SSSR count). The maximum absolute atomic E-state index is 4.59. The van der Waals surface area contributed by atoms with Crippen molar-refractivity contribution in [1.82, 2.24) is 24.8 Å². The molecule has 0 fully saturated rings. The fourth-order valence-corrected chi connectivity index (χ4v) is 3.73. The van der Waals surface area contributed by atoms with E-state index in [0.29, 0.717) is 0 Å². The average Bonchev–Trinajstić information content (AvgIpc) is 3.30. The number of nitrogens with one attached hydrogen (secondary N) is 1.